The minimum Gasteiger partial charge on any atom is -0.494 e. The first kappa shape index (κ1) is 20.2. The molecule has 0 spiro atoms. The molecule has 150 valence electrons. The Morgan fingerprint density at radius 2 is 1.44 bits per heavy atom. The van der Waals surface area contributed by atoms with Crippen molar-refractivity contribution >= 4 is 0 Å². The number of rotatable bonds is 6. The third kappa shape index (κ3) is 5.03. The first-order valence-electron chi connectivity index (χ1n) is 10.4. The molecule has 2 nitrogen and oxygen atoms in total. The third-order valence-corrected chi connectivity index (χ3v) is 6.55. The zero-order chi connectivity index (χ0) is 19.2. The summed E-state index contributed by atoms with van der Waals surface area (Å²) in [5.41, 5.74) is 0. The fourth-order valence-electron chi connectivity index (χ4n) is 4.90. The summed E-state index contributed by atoms with van der Waals surface area (Å²) in [6, 6.07) is 2.86. The maximum absolute atomic E-state index is 14.0. The van der Waals surface area contributed by atoms with Crippen LogP contribution in [0.25, 0.3) is 0 Å². The summed E-state index contributed by atoms with van der Waals surface area (Å²) in [5.74, 6) is 0.890. The van der Waals surface area contributed by atoms with Gasteiger partial charge in [-0.3, -0.25) is 0 Å². The van der Waals surface area contributed by atoms with Crippen molar-refractivity contribution in [3.63, 3.8) is 0 Å². The third-order valence-electron chi connectivity index (χ3n) is 6.55. The van der Waals surface area contributed by atoms with Gasteiger partial charge in [-0.05, 0) is 94.1 Å². The van der Waals surface area contributed by atoms with Gasteiger partial charge in [0.05, 0.1) is 13.7 Å². The normalized spacial score (nSPS) is 29.0. The van der Waals surface area contributed by atoms with Crippen LogP contribution in [0.3, 0.4) is 0 Å². The molecule has 0 aliphatic heterocycles. The van der Waals surface area contributed by atoms with E-state index < -0.39 is 11.6 Å². The van der Waals surface area contributed by atoms with Gasteiger partial charge in [-0.25, -0.2) is 0 Å². The Balaban J connectivity index is 1.43. The molecule has 1 aromatic rings. The summed E-state index contributed by atoms with van der Waals surface area (Å²) in [7, 11) is 1.32. The van der Waals surface area contributed by atoms with Gasteiger partial charge in [0.2, 0.25) is 11.6 Å². The molecule has 0 amide bonds. The van der Waals surface area contributed by atoms with Crippen LogP contribution in [-0.4, -0.2) is 13.7 Å². The Bertz CT molecular complexity index is 628. The fraction of sp³-hybridized carbons (Fsp3) is 0.652. The average molecular weight is 379 g/mol. The lowest BCUT2D eigenvalue weighted by Gasteiger charge is -2.37. The molecule has 3 rings (SSSR count). The predicted octanol–water partition coefficient (Wildman–Crippen LogP) is 6.54. The van der Waals surface area contributed by atoms with Crippen molar-refractivity contribution in [3.05, 3.63) is 35.9 Å². The Labute approximate surface area is 161 Å². The highest BCUT2D eigenvalue weighted by Crippen LogP contribution is 2.41. The molecule has 27 heavy (non-hydrogen) atoms. The zero-order valence-corrected chi connectivity index (χ0v) is 16.6. The van der Waals surface area contributed by atoms with Gasteiger partial charge in [0.1, 0.15) is 0 Å². The van der Waals surface area contributed by atoms with Crippen LogP contribution in [0, 0.1) is 35.3 Å². The van der Waals surface area contributed by atoms with E-state index in [1.54, 1.807) is 0 Å². The molecule has 0 unspecified atom stereocenters. The number of hydrogen-bond donors (Lipinski definition) is 0. The van der Waals surface area contributed by atoms with E-state index in [9.17, 15) is 8.78 Å². The first-order chi connectivity index (χ1) is 13.1. The summed E-state index contributed by atoms with van der Waals surface area (Å²) in [5, 5.41) is 0. The molecule has 2 saturated carbocycles. The highest BCUT2D eigenvalue weighted by molar-refractivity contribution is 5.34. The molecule has 2 aliphatic carbocycles. The largest absolute Gasteiger partial charge is 0.494 e. The van der Waals surface area contributed by atoms with Gasteiger partial charge in [-0.15, -0.1) is 0 Å². The standard InChI is InChI=1S/C23H32F2O2/c1-3-4-16-5-9-18(10-6-16)19-11-7-17(8-12-19)15-27-21-14-13-20(26-2)22(24)23(21)25/h3-4,13-14,16-19H,5-12,15H2,1-2H3. The van der Waals surface area contributed by atoms with E-state index in [-0.39, 0.29) is 11.5 Å². The number of methoxy groups -OCH3 is 1. The molecule has 0 bridgehead atoms. The van der Waals surface area contributed by atoms with Gasteiger partial charge in [0.15, 0.2) is 11.5 Å². The van der Waals surface area contributed by atoms with Crippen LogP contribution in [0.15, 0.2) is 24.3 Å². The molecule has 0 heterocycles. The summed E-state index contributed by atoms with van der Waals surface area (Å²) >= 11 is 0. The maximum atomic E-state index is 14.0. The summed E-state index contributed by atoms with van der Waals surface area (Å²) in [4.78, 5) is 0. The van der Waals surface area contributed by atoms with E-state index in [1.807, 2.05) is 0 Å². The van der Waals surface area contributed by atoms with Crippen LogP contribution in [0.2, 0.25) is 0 Å². The van der Waals surface area contributed by atoms with E-state index in [1.165, 1.54) is 57.8 Å². The van der Waals surface area contributed by atoms with Crippen molar-refractivity contribution < 1.29 is 18.3 Å². The summed E-state index contributed by atoms with van der Waals surface area (Å²) in [6.07, 6.45) is 14.7. The molecule has 2 fully saturated rings. The summed E-state index contributed by atoms with van der Waals surface area (Å²) in [6.45, 7) is 2.57. The monoisotopic (exact) mass is 378 g/mol. The fourth-order valence-corrected chi connectivity index (χ4v) is 4.90. The van der Waals surface area contributed by atoms with Crippen molar-refractivity contribution in [1.29, 1.82) is 0 Å². The van der Waals surface area contributed by atoms with Crippen molar-refractivity contribution in [2.75, 3.05) is 13.7 Å². The quantitative estimate of drug-likeness (QED) is 0.523. The topological polar surface area (TPSA) is 18.5 Å². The number of hydrogen-bond acceptors (Lipinski definition) is 2. The second kappa shape index (κ2) is 9.57. The molecule has 0 saturated heterocycles. The van der Waals surface area contributed by atoms with Crippen LogP contribution in [0.4, 0.5) is 8.78 Å². The van der Waals surface area contributed by atoms with Gasteiger partial charge in [-0.1, -0.05) is 12.2 Å². The average Bonchev–Trinajstić information content (AvgIpc) is 2.70. The molecule has 0 aromatic heterocycles. The van der Waals surface area contributed by atoms with Gasteiger partial charge < -0.3 is 9.47 Å². The predicted molar refractivity (Wildman–Crippen MR) is 104 cm³/mol. The summed E-state index contributed by atoms with van der Waals surface area (Å²) < 4.78 is 38.2. The molecule has 0 atom stereocenters. The Kier molecular flexibility index (Phi) is 7.14. The maximum Gasteiger partial charge on any atom is 0.204 e. The van der Waals surface area contributed by atoms with Crippen LogP contribution >= 0.6 is 0 Å². The Hall–Kier alpha value is -1.58. The lowest BCUT2D eigenvalue weighted by Crippen LogP contribution is -2.27. The van der Waals surface area contributed by atoms with Gasteiger partial charge in [0, 0.05) is 0 Å². The molecule has 2 aliphatic rings. The van der Waals surface area contributed by atoms with Gasteiger partial charge in [0.25, 0.3) is 0 Å². The minimum atomic E-state index is -0.979. The van der Waals surface area contributed by atoms with Crippen LogP contribution in [0.1, 0.15) is 58.3 Å². The molecule has 0 N–H and O–H groups in total. The van der Waals surface area contributed by atoms with Gasteiger partial charge >= 0.3 is 0 Å². The van der Waals surface area contributed by atoms with Crippen LogP contribution in [0.5, 0.6) is 11.5 Å². The van der Waals surface area contributed by atoms with E-state index in [0.29, 0.717) is 12.5 Å². The van der Waals surface area contributed by atoms with Crippen LogP contribution in [-0.2, 0) is 0 Å². The van der Waals surface area contributed by atoms with E-state index in [2.05, 4.69) is 19.1 Å². The second-order valence-corrected chi connectivity index (χ2v) is 8.19. The lowest BCUT2D eigenvalue weighted by molar-refractivity contribution is 0.127. The number of halogens is 2. The SMILES string of the molecule is CC=CC1CCC(C2CCC(COc3ccc(OC)c(F)c3F)CC2)CC1. The lowest BCUT2D eigenvalue weighted by atomic mass is 9.69. The smallest absolute Gasteiger partial charge is 0.204 e. The molecule has 4 heteroatoms. The van der Waals surface area contributed by atoms with Gasteiger partial charge in [-0.2, -0.15) is 8.78 Å². The highest BCUT2D eigenvalue weighted by atomic mass is 19.2. The molecular formula is C23H32F2O2. The van der Waals surface area contributed by atoms with Crippen molar-refractivity contribution in [2.45, 2.75) is 58.3 Å². The van der Waals surface area contributed by atoms with Crippen molar-refractivity contribution in [1.82, 2.24) is 0 Å². The molecule has 1 aromatic carbocycles. The zero-order valence-electron chi connectivity index (χ0n) is 16.6. The highest BCUT2D eigenvalue weighted by Gasteiger charge is 2.30. The second-order valence-electron chi connectivity index (χ2n) is 8.19. The number of ether oxygens (including phenoxy) is 2. The van der Waals surface area contributed by atoms with E-state index in [4.69, 9.17) is 9.47 Å². The molecule has 0 radical (unpaired) electrons. The van der Waals surface area contributed by atoms with E-state index >= 15 is 0 Å². The number of allylic oxidation sites excluding steroid dienone is 2. The van der Waals surface area contributed by atoms with Crippen LogP contribution < -0.4 is 9.47 Å². The Morgan fingerprint density at radius 3 is 2.04 bits per heavy atom. The van der Waals surface area contributed by atoms with E-state index in [0.717, 1.165) is 30.6 Å². The first-order valence-corrected chi connectivity index (χ1v) is 10.4. The Morgan fingerprint density at radius 1 is 0.889 bits per heavy atom. The number of benzene rings is 1. The minimum absolute atomic E-state index is 0.0160. The van der Waals surface area contributed by atoms with Crippen molar-refractivity contribution in [3.8, 4) is 11.5 Å². The molecular weight excluding hydrogens is 346 g/mol. The van der Waals surface area contributed by atoms with Crippen molar-refractivity contribution in [2.24, 2.45) is 23.7 Å².